The Bertz CT molecular complexity index is 1780. The van der Waals surface area contributed by atoms with Gasteiger partial charge in [0.15, 0.2) is 5.82 Å². The fourth-order valence-electron chi connectivity index (χ4n) is 5.51. The van der Waals surface area contributed by atoms with Gasteiger partial charge in [-0.25, -0.2) is 9.97 Å². The minimum Gasteiger partial charge on any atom is -0.384 e. The number of nitrogen functional groups attached to an aromatic ring is 1. The number of pyridine rings is 2. The van der Waals surface area contributed by atoms with Gasteiger partial charge in [-0.15, -0.1) is 0 Å². The van der Waals surface area contributed by atoms with E-state index >= 15 is 0 Å². The summed E-state index contributed by atoms with van der Waals surface area (Å²) in [5.74, 6) is 0.332. The van der Waals surface area contributed by atoms with Crippen molar-refractivity contribution < 1.29 is 4.79 Å². The second-order valence-corrected chi connectivity index (χ2v) is 10.3. The van der Waals surface area contributed by atoms with E-state index in [1.165, 1.54) is 0 Å². The van der Waals surface area contributed by atoms with Gasteiger partial charge in [0.25, 0.3) is 5.56 Å². The van der Waals surface area contributed by atoms with E-state index < -0.39 is 6.04 Å². The molecule has 1 aliphatic rings. The molecule has 1 aliphatic heterocycles. The van der Waals surface area contributed by atoms with E-state index in [1.807, 2.05) is 43.3 Å². The standard InChI is InChI=1S/C32H31N7O2/c1-20-24(11-14-29(33)38-20)17-37-31(40)28-13-12-25-18-35-30(32(41)39(25)28)36-19-26(27-8-4-5-15-34-27)23-10-9-21-6-2-3-7-22(21)16-23/h2-11,14-16,18,26,28H,12-13,17,19H2,1H3,(H2,33,38)(H,35,36)(H,37,40)/t26-,28+/m1/s1. The molecule has 0 fully saturated rings. The van der Waals surface area contributed by atoms with Crippen LogP contribution in [0.5, 0.6) is 0 Å². The van der Waals surface area contributed by atoms with Crippen molar-refractivity contribution in [3.63, 3.8) is 0 Å². The summed E-state index contributed by atoms with van der Waals surface area (Å²) in [5, 5.41) is 8.55. The highest BCUT2D eigenvalue weighted by Crippen LogP contribution is 2.28. The van der Waals surface area contributed by atoms with Crippen molar-refractivity contribution in [2.24, 2.45) is 0 Å². The number of fused-ring (bicyclic) bond motifs is 2. The van der Waals surface area contributed by atoms with Crippen LogP contribution < -0.4 is 21.9 Å². The number of rotatable bonds is 8. The molecule has 4 N–H and O–H groups in total. The molecule has 3 aromatic heterocycles. The lowest BCUT2D eigenvalue weighted by molar-refractivity contribution is -0.124. The molecule has 0 unspecified atom stereocenters. The first-order chi connectivity index (χ1) is 20.0. The van der Waals surface area contributed by atoms with Gasteiger partial charge in [0.05, 0.1) is 0 Å². The molecule has 5 aromatic rings. The first-order valence-electron chi connectivity index (χ1n) is 13.7. The molecule has 206 valence electrons. The first kappa shape index (κ1) is 26.2. The molecule has 2 atom stereocenters. The Morgan fingerprint density at radius 2 is 1.88 bits per heavy atom. The molecule has 9 nitrogen and oxygen atoms in total. The van der Waals surface area contributed by atoms with Gasteiger partial charge in [-0.1, -0.05) is 54.6 Å². The second kappa shape index (κ2) is 11.2. The van der Waals surface area contributed by atoms with E-state index in [-0.39, 0.29) is 23.2 Å². The van der Waals surface area contributed by atoms with Gasteiger partial charge in [-0.3, -0.25) is 19.1 Å². The molecule has 0 spiro atoms. The highest BCUT2D eigenvalue weighted by molar-refractivity contribution is 5.83. The van der Waals surface area contributed by atoms with E-state index in [9.17, 15) is 9.59 Å². The highest BCUT2D eigenvalue weighted by Gasteiger charge is 2.31. The molecule has 0 radical (unpaired) electrons. The van der Waals surface area contributed by atoms with E-state index in [1.54, 1.807) is 23.0 Å². The summed E-state index contributed by atoms with van der Waals surface area (Å²) in [5.41, 5.74) is 9.81. The van der Waals surface area contributed by atoms with E-state index in [0.29, 0.717) is 31.7 Å². The topological polar surface area (TPSA) is 128 Å². The third-order valence-corrected chi connectivity index (χ3v) is 7.73. The Labute approximate surface area is 237 Å². The maximum atomic E-state index is 13.6. The normalized spacial score (nSPS) is 14.9. The van der Waals surface area contributed by atoms with Crippen molar-refractivity contribution in [1.29, 1.82) is 0 Å². The van der Waals surface area contributed by atoms with Gasteiger partial charge in [0, 0.05) is 48.5 Å². The monoisotopic (exact) mass is 545 g/mol. The van der Waals surface area contributed by atoms with Gasteiger partial charge in [0.2, 0.25) is 5.91 Å². The number of nitrogens with zero attached hydrogens (tertiary/aromatic N) is 4. The number of anilines is 2. The maximum Gasteiger partial charge on any atom is 0.294 e. The number of aromatic nitrogens is 4. The first-order valence-corrected chi connectivity index (χ1v) is 13.7. The van der Waals surface area contributed by atoms with Crippen molar-refractivity contribution in [2.45, 2.75) is 38.3 Å². The summed E-state index contributed by atoms with van der Waals surface area (Å²) in [6, 6.07) is 23.4. The SMILES string of the molecule is Cc1nc(N)ccc1CNC(=O)[C@@H]1CCc2cnc(NC[C@H](c3ccc4ccccc4c3)c3ccccn3)c(=O)n21. The van der Waals surface area contributed by atoms with Crippen LogP contribution in [0, 0.1) is 6.92 Å². The molecule has 0 saturated carbocycles. The Morgan fingerprint density at radius 1 is 1.05 bits per heavy atom. The van der Waals surface area contributed by atoms with Crippen LogP contribution >= 0.6 is 0 Å². The van der Waals surface area contributed by atoms with Crippen LogP contribution in [-0.2, 0) is 17.8 Å². The zero-order chi connectivity index (χ0) is 28.3. The number of nitrogens with one attached hydrogen (secondary N) is 2. The predicted molar refractivity (Wildman–Crippen MR) is 160 cm³/mol. The molecule has 1 amide bonds. The summed E-state index contributed by atoms with van der Waals surface area (Å²) in [6.07, 6.45) is 4.61. The number of carbonyl (C=O) groups excluding carboxylic acids is 1. The molecular weight excluding hydrogens is 514 g/mol. The molecule has 0 aliphatic carbocycles. The smallest absolute Gasteiger partial charge is 0.294 e. The Hall–Kier alpha value is -5.05. The zero-order valence-electron chi connectivity index (χ0n) is 22.7. The Kier molecular flexibility index (Phi) is 7.16. The van der Waals surface area contributed by atoms with Crippen LogP contribution in [0.1, 0.15) is 46.6 Å². The summed E-state index contributed by atoms with van der Waals surface area (Å²) in [7, 11) is 0. The summed E-state index contributed by atoms with van der Waals surface area (Å²) < 4.78 is 1.57. The summed E-state index contributed by atoms with van der Waals surface area (Å²) >= 11 is 0. The van der Waals surface area contributed by atoms with Crippen LogP contribution in [0.3, 0.4) is 0 Å². The molecule has 41 heavy (non-hydrogen) atoms. The number of hydrogen-bond acceptors (Lipinski definition) is 7. The zero-order valence-corrected chi connectivity index (χ0v) is 22.7. The van der Waals surface area contributed by atoms with Gasteiger partial charge in [0.1, 0.15) is 11.9 Å². The minimum absolute atomic E-state index is 0.115. The lowest BCUT2D eigenvalue weighted by atomic mass is 9.93. The molecule has 9 heteroatoms. The summed E-state index contributed by atoms with van der Waals surface area (Å²) in [6.45, 7) is 2.58. The van der Waals surface area contributed by atoms with Gasteiger partial charge in [-0.2, -0.15) is 0 Å². The van der Waals surface area contributed by atoms with Gasteiger partial charge < -0.3 is 16.4 Å². The molecule has 0 saturated heterocycles. The fourth-order valence-corrected chi connectivity index (χ4v) is 5.51. The third kappa shape index (κ3) is 5.38. The summed E-state index contributed by atoms with van der Waals surface area (Å²) in [4.78, 5) is 40.1. The number of amides is 1. The minimum atomic E-state index is -0.602. The lowest BCUT2D eigenvalue weighted by Crippen LogP contribution is -2.36. The second-order valence-electron chi connectivity index (χ2n) is 10.3. The molecule has 0 bridgehead atoms. The van der Waals surface area contributed by atoms with Crippen LogP contribution in [0.2, 0.25) is 0 Å². The maximum absolute atomic E-state index is 13.6. The highest BCUT2D eigenvalue weighted by atomic mass is 16.2. The quantitative estimate of drug-likeness (QED) is 0.268. The van der Waals surface area contributed by atoms with Gasteiger partial charge in [-0.05, 0) is 59.9 Å². The van der Waals surface area contributed by atoms with Crippen LogP contribution in [0.15, 0.2) is 90.0 Å². The van der Waals surface area contributed by atoms with Crippen molar-refractivity contribution in [3.05, 3.63) is 124 Å². The third-order valence-electron chi connectivity index (χ3n) is 7.73. The number of benzene rings is 2. The molecule has 2 aromatic carbocycles. The van der Waals surface area contributed by atoms with Crippen LogP contribution in [-0.4, -0.2) is 32.0 Å². The van der Waals surface area contributed by atoms with Crippen LogP contribution in [0.4, 0.5) is 11.6 Å². The Balaban J connectivity index is 1.23. The number of aryl methyl sites for hydroxylation is 2. The Morgan fingerprint density at radius 3 is 2.68 bits per heavy atom. The lowest BCUT2D eigenvalue weighted by Gasteiger charge is -2.20. The average molecular weight is 546 g/mol. The van der Waals surface area contributed by atoms with E-state index in [4.69, 9.17) is 5.73 Å². The number of nitrogens with two attached hydrogens (primary N) is 1. The number of carbonyl (C=O) groups is 1. The number of hydrogen-bond donors (Lipinski definition) is 3. The van der Waals surface area contributed by atoms with Crippen LogP contribution in [0.25, 0.3) is 10.8 Å². The van der Waals surface area contributed by atoms with Crippen molar-refractivity contribution in [1.82, 2.24) is 24.8 Å². The molecule has 6 rings (SSSR count). The van der Waals surface area contributed by atoms with Gasteiger partial charge >= 0.3 is 0 Å². The fraction of sp³-hybridized carbons (Fsp3) is 0.219. The molecular formula is C32H31N7O2. The van der Waals surface area contributed by atoms with Crippen molar-refractivity contribution in [3.8, 4) is 0 Å². The van der Waals surface area contributed by atoms with E-state index in [2.05, 4.69) is 55.9 Å². The average Bonchev–Trinajstić information content (AvgIpc) is 3.43. The van der Waals surface area contributed by atoms with Crippen molar-refractivity contribution >= 4 is 28.3 Å². The molecule has 4 heterocycles. The van der Waals surface area contributed by atoms with E-state index in [0.717, 1.165) is 39.0 Å². The largest absolute Gasteiger partial charge is 0.384 e. The van der Waals surface area contributed by atoms with Crippen molar-refractivity contribution in [2.75, 3.05) is 17.6 Å². The predicted octanol–water partition coefficient (Wildman–Crippen LogP) is 4.12.